The summed E-state index contributed by atoms with van der Waals surface area (Å²) < 4.78 is 0. The highest BCUT2D eigenvalue weighted by molar-refractivity contribution is 7.20. The van der Waals surface area contributed by atoms with E-state index in [1.165, 1.54) is 6.33 Å². The van der Waals surface area contributed by atoms with Gasteiger partial charge in [-0.25, -0.2) is 14.8 Å². The summed E-state index contributed by atoms with van der Waals surface area (Å²) in [6.45, 7) is 4.01. The number of thiophene rings is 1. The van der Waals surface area contributed by atoms with E-state index in [1.807, 2.05) is 6.92 Å². The Labute approximate surface area is 114 Å². The van der Waals surface area contributed by atoms with Crippen molar-refractivity contribution in [1.82, 2.24) is 9.97 Å². The van der Waals surface area contributed by atoms with Crippen molar-refractivity contribution in [2.75, 3.05) is 11.9 Å². The van der Waals surface area contributed by atoms with Crippen LogP contribution in [0.15, 0.2) is 6.33 Å². The van der Waals surface area contributed by atoms with Crippen LogP contribution in [0, 0.1) is 6.92 Å². The monoisotopic (exact) mass is 281 g/mol. The number of aryl methyl sites for hydroxylation is 1. The van der Waals surface area contributed by atoms with Gasteiger partial charge in [0.15, 0.2) is 0 Å². The fourth-order valence-electron chi connectivity index (χ4n) is 1.77. The van der Waals surface area contributed by atoms with Gasteiger partial charge in [-0.2, -0.15) is 0 Å². The van der Waals surface area contributed by atoms with Gasteiger partial charge < -0.3 is 15.5 Å². The minimum atomic E-state index is -0.958. The van der Waals surface area contributed by atoms with E-state index in [1.54, 1.807) is 6.92 Å². The molecular formula is C12H15N3O3S. The Morgan fingerprint density at radius 1 is 1.53 bits per heavy atom. The first-order valence-corrected chi connectivity index (χ1v) is 6.75. The van der Waals surface area contributed by atoms with Gasteiger partial charge in [-0.15, -0.1) is 11.3 Å². The molecule has 102 valence electrons. The van der Waals surface area contributed by atoms with Crippen molar-refractivity contribution in [3.05, 3.63) is 16.8 Å². The van der Waals surface area contributed by atoms with Gasteiger partial charge in [0.25, 0.3) is 0 Å². The first kappa shape index (κ1) is 13.7. The number of anilines is 1. The van der Waals surface area contributed by atoms with Gasteiger partial charge in [0.2, 0.25) is 0 Å². The summed E-state index contributed by atoms with van der Waals surface area (Å²) in [4.78, 5) is 20.2. The number of carboxylic acid groups (broad SMARTS) is 1. The van der Waals surface area contributed by atoms with Crippen LogP contribution in [0.1, 0.15) is 28.6 Å². The van der Waals surface area contributed by atoms with Gasteiger partial charge in [-0.3, -0.25) is 0 Å². The lowest BCUT2D eigenvalue weighted by Gasteiger charge is -2.10. The molecule has 2 aromatic rings. The van der Waals surface area contributed by atoms with Gasteiger partial charge in [0.05, 0.1) is 11.5 Å². The SMILES string of the molecule is CCC(O)CNc1ncnc2sc(C(=O)O)c(C)c12. The van der Waals surface area contributed by atoms with E-state index in [0.717, 1.165) is 11.3 Å². The fourth-order valence-corrected chi connectivity index (χ4v) is 2.76. The van der Waals surface area contributed by atoms with Gasteiger partial charge >= 0.3 is 5.97 Å². The molecule has 0 spiro atoms. The number of aliphatic hydroxyl groups is 1. The van der Waals surface area contributed by atoms with Crippen LogP contribution in [0.5, 0.6) is 0 Å². The van der Waals surface area contributed by atoms with Crippen LogP contribution in [-0.4, -0.2) is 38.8 Å². The van der Waals surface area contributed by atoms with Crippen molar-refractivity contribution in [3.63, 3.8) is 0 Å². The van der Waals surface area contributed by atoms with Gasteiger partial charge in [0.1, 0.15) is 21.9 Å². The molecule has 0 saturated carbocycles. The molecule has 0 amide bonds. The van der Waals surface area contributed by atoms with Gasteiger partial charge in [0, 0.05) is 6.54 Å². The molecule has 2 rings (SSSR count). The van der Waals surface area contributed by atoms with Crippen LogP contribution >= 0.6 is 11.3 Å². The van der Waals surface area contributed by atoms with E-state index in [0.29, 0.717) is 34.6 Å². The van der Waals surface area contributed by atoms with E-state index in [4.69, 9.17) is 5.11 Å². The summed E-state index contributed by atoms with van der Waals surface area (Å²) in [7, 11) is 0. The van der Waals surface area contributed by atoms with Crippen molar-refractivity contribution in [2.45, 2.75) is 26.4 Å². The van der Waals surface area contributed by atoms with Crippen molar-refractivity contribution in [1.29, 1.82) is 0 Å². The molecule has 0 saturated heterocycles. The van der Waals surface area contributed by atoms with Crippen LogP contribution in [0.2, 0.25) is 0 Å². The second kappa shape index (κ2) is 5.50. The first-order chi connectivity index (χ1) is 9.04. The second-order valence-electron chi connectivity index (χ2n) is 4.21. The maximum absolute atomic E-state index is 11.1. The Hall–Kier alpha value is -1.73. The molecule has 1 atom stereocenters. The predicted octanol–water partition coefficient (Wildman–Crippen LogP) is 1.88. The summed E-state index contributed by atoms with van der Waals surface area (Å²) in [5, 5.41) is 22.4. The topological polar surface area (TPSA) is 95.3 Å². The highest BCUT2D eigenvalue weighted by Gasteiger charge is 2.18. The van der Waals surface area contributed by atoms with Gasteiger partial charge in [-0.05, 0) is 18.9 Å². The number of nitrogens with one attached hydrogen (secondary N) is 1. The van der Waals surface area contributed by atoms with E-state index in [-0.39, 0.29) is 4.88 Å². The molecule has 0 fully saturated rings. The van der Waals surface area contributed by atoms with E-state index < -0.39 is 12.1 Å². The average Bonchev–Trinajstić information content (AvgIpc) is 2.74. The molecule has 0 aliphatic heterocycles. The molecular weight excluding hydrogens is 266 g/mol. The molecule has 2 aromatic heterocycles. The lowest BCUT2D eigenvalue weighted by Crippen LogP contribution is -2.19. The zero-order valence-electron chi connectivity index (χ0n) is 10.7. The standard InChI is InChI=1S/C12H15N3O3S/c1-3-7(16)4-13-10-8-6(2)9(12(17)18)19-11(8)15-5-14-10/h5,7,16H,3-4H2,1-2H3,(H,17,18)(H,13,14,15). The summed E-state index contributed by atoms with van der Waals surface area (Å²) >= 11 is 1.13. The number of aromatic carboxylic acids is 1. The Balaban J connectivity index is 2.41. The Bertz CT molecular complexity index is 612. The van der Waals surface area contributed by atoms with Crippen molar-refractivity contribution < 1.29 is 15.0 Å². The highest BCUT2D eigenvalue weighted by Crippen LogP contribution is 2.33. The smallest absolute Gasteiger partial charge is 0.346 e. The molecule has 0 aromatic carbocycles. The third kappa shape index (κ3) is 2.66. The number of carbonyl (C=O) groups is 1. The normalized spacial score (nSPS) is 12.6. The molecule has 19 heavy (non-hydrogen) atoms. The van der Waals surface area contributed by atoms with Crippen LogP contribution in [0.3, 0.4) is 0 Å². The molecule has 0 bridgehead atoms. The molecule has 1 unspecified atom stereocenters. The average molecular weight is 281 g/mol. The number of nitrogens with zero attached hydrogens (tertiary/aromatic N) is 2. The lowest BCUT2D eigenvalue weighted by atomic mass is 10.2. The maximum atomic E-state index is 11.1. The number of hydrogen-bond acceptors (Lipinski definition) is 6. The fraction of sp³-hybridized carbons (Fsp3) is 0.417. The van der Waals surface area contributed by atoms with Crippen molar-refractivity contribution >= 4 is 33.3 Å². The Morgan fingerprint density at radius 2 is 2.26 bits per heavy atom. The Morgan fingerprint density at radius 3 is 2.89 bits per heavy atom. The van der Waals surface area contributed by atoms with E-state index >= 15 is 0 Å². The molecule has 0 aliphatic rings. The second-order valence-corrected chi connectivity index (χ2v) is 5.21. The number of fused-ring (bicyclic) bond motifs is 1. The predicted molar refractivity (Wildman–Crippen MR) is 73.9 cm³/mol. The maximum Gasteiger partial charge on any atom is 0.346 e. The van der Waals surface area contributed by atoms with Crippen LogP contribution < -0.4 is 5.32 Å². The molecule has 0 aliphatic carbocycles. The van der Waals surface area contributed by atoms with Crippen molar-refractivity contribution in [3.8, 4) is 0 Å². The van der Waals surface area contributed by atoms with Crippen LogP contribution in [0.4, 0.5) is 5.82 Å². The highest BCUT2D eigenvalue weighted by atomic mass is 32.1. The summed E-state index contributed by atoms with van der Waals surface area (Å²) in [5.41, 5.74) is 0.654. The minimum absolute atomic E-state index is 0.273. The van der Waals surface area contributed by atoms with Gasteiger partial charge in [-0.1, -0.05) is 6.92 Å². The van der Waals surface area contributed by atoms with Crippen molar-refractivity contribution in [2.24, 2.45) is 0 Å². The quantitative estimate of drug-likeness (QED) is 0.774. The number of rotatable bonds is 5. The summed E-state index contributed by atoms with van der Waals surface area (Å²) in [6, 6.07) is 0. The molecule has 6 nitrogen and oxygen atoms in total. The van der Waals surface area contributed by atoms with E-state index in [9.17, 15) is 9.90 Å². The van der Waals surface area contributed by atoms with Crippen LogP contribution in [0.25, 0.3) is 10.2 Å². The number of carboxylic acids is 1. The summed E-state index contributed by atoms with van der Waals surface area (Å²) in [5.74, 6) is -0.390. The molecule has 2 heterocycles. The minimum Gasteiger partial charge on any atom is -0.477 e. The third-order valence-electron chi connectivity index (χ3n) is 2.90. The molecule has 0 radical (unpaired) electrons. The number of hydrogen-bond donors (Lipinski definition) is 3. The number of aliphatic hydroxyl groups excluding tert-OH is 1. The zero-order valence-corrected chi connectivity index (χ0v) is 11.5. The third-order valence-corrected chi connectivity index (χ3v) is 4.09. The number of aromatic nitrogens is 2. The Kier molecular flexibility index (Phi) is 3.96. The molecule has 3 N–H and O–H groups in total. The van der Waals surface area contributed by atoms with Crippen LogP contribution in [-0.2, 0) is 0 Å². The zero-order chi connectivity index (χ0) is 14.0. The lowest BCUT2D eigenvalue weighted by molar-refractivity contribution is 0.0701. The van der Waals surface area contributed by atoms with E-state index in [2.05, 4.69) is 15.3 Å². The summed E-state index contributed by atoms with van der Waals surface area (Å²) in [6.07, 6.45) is 1.58. The first-order valence-electron chi connectivity index (χ1n) is 5.93. The largest absolute Gasteiger partial charge is 0.477 e. The molecule has 7 heteroatoms.